The first kappa shape index (κ1) is 28.1. The second-order valence-corrected chi connectivity index (χ2v) is 10.6. The van der Waals surface area contributed by atoms with E-state index in [1.165, 1.54) is 6.08 Å². The van der Waals surface area contributed by atoms with Crippen LogP contribution in [0.1, 0.15) is 22.3 Å². The SMILES string of the molecule is Cc1cccc(COc2ccc(Br)cc2/C=C2\C(=O)NC(=O)N(c3ccc(OCc4ccccc4Cl)cc3)C2=O)c1. The van der Waals surface area contributed by atoms with E-state index in [-0.39, 0.29) is 17.9 Å². The number of nitrogens with one attached hydrogen (secondary N) is 1. The minimum Gasteiger partial charge on any atom is -0.489 e. The predicted molar refractivity (Wildman–Crippen MR) is 161 cm³/mol. The number of hydrogen-bond donors (Lipinski definition) is 1. The Morgan fingerprint density at radius 1 is 0.878 bits per heavy atom. The fraction of sp³-hybridized carbons (Fsp3) is 0.0938. The van der Waals surface area contributed by atoms with Gasteiger partial charge >= 0.3 is 6.03 Å². The van der Waals surface area contributed by atoms with Crippen LogP contribution in [0.25, 0.3) is 6.08 Å². The number of hydrogen-bond acceptors (Lipinski definition) is 5. The zero-order valence-corrected chi connectivity index (χ0v) is 24.2. The van der Waals surface area contributed by atoms with Gasteiger partial charge in [-0.3, -0.25) is 14.9 Å². The molecule has 0 unspecified atom stereocenters. The maximum absolute atomic E-state index is 13.5. The summed E-state index contributed by atoms with van der Waals surface area (Å²) in [6, 6.07) is 26.2. The molecule has 206 valence electrons. The molecule has 0 radical (unpaired) electrons. The van der Waals surface area contributed by atoms with Crippen molar-refractivity contribution in [3.05, 3.63) is 128 Å². The molecule has 4 amide bonds. The Labute approximate surface area is 250 Å². The Balaban J connectivity index is 1.36. The zero-order valence-electron chi connectivity index (χ0n) is 21.9. The molecule has 1 fully saturated rings. The molecule has 0 saturated carbocycles. The van der Waals surface area contributed by atoms with Crippen molar-refractivity contribution in [2.24, 2.45) is 0 Å². The Kier molecular flexibility index (Phi) is 8.52. The summed E-state index contributed by atoms with van der Waals surface area (Å²) in [5, 5.41) is 2.85. The molecule has 9 heteroatoms. The van der Waals surface area contributed by atoms with Crippen LogP contribution in [0.15, 0.2) is 101 Å². The third kappa shape index (κ3) is 6.67. The van der Waals surface area contributed by atoms with Crippen LogP contribution in [0.5, 0.6) is 11.5 Å². The van der Waals surface area contributed by atoms with E-state index >= 15 is 0 Å². The summed E-state index contributed by atoms with van der Waals surface area (Å²) >= 11 is 9.63. The summed E-state index contributed by atoms with van der Waals surface area (Å²) < 4.78 is 12.6. The van der Waals surface area contributed by atoms with Gasteiger partial charge in [-0.05, 0) is 67.1 Å². The number of ether oxygens (including phenoxy) is 2. The van der Waals surface area contributed by atoms with E-state index < -0.39 is 17.8 Å². The number of amides is 4. The van der Waals surface area contributed by atoms with Crippen LogP contribution in [-0.4, -0.2) is 17.8 Å². The molecule has 41 heavy (non-hydrogen) atoms. The third-order valence-corrected chi connectivity index (χ3v) is 7.16. The van der Waals surface area contributed by atoms with Crippen molar-refractivity contribution in [2.45, 2.75) is 20.1 Å². The summed E-state index contributed by atoms with van der Waals surface area (Å²) in [4.78, 5) is 39.9. The van der Waals surface area contributed by atoms with E-state index in [1.54, 1.807) is 42.5 Å². The molecular weight excluding hydrogens is 608 g/mol. The topological polar surface area (TPSA) is 84.9 Å². The van der Waals surface area contributed by atoms with Crippen molar-refractivity contribution in [1.82, 2.24) is 5.32 Å². The van der Waals surface area contributed by atoms with Gasteiger partial charge in [-0.15, -0.1) is 0 Å². The van der Waals surface area contributed by atoms with Crippen LogP contribution in [0.3, 0.4) is 0 Å². The molecule has 0 atom stereocenters. The third-order valence-electron chi connectivity index (χ3n) is 6.30. The van der Waals surface area contributed by atoms with Crippen molar-refractivity contribution in [1.29, 1.82) is 0 Å². The summed E-state index contributed by atoms with van der Waals surface area (Å²) in [5.74, 6) is -0.546. The Morgan fingerprint density at radius 3 is 2.41 bits per heavy atom. The normalized spacial score (nSPS) is 14.3. The maximum atomic E-state index is 13.5. The number of benzene rings is 4. The van der Waals surface area contributed by atoms with Crippen LogP contribution in [-0.2, 0) is 22.8 Å². The summed E-state index contributed by atoms with van der Waals surface area (Å²) in [5.41, 5.74) is 3.49. The number of imide groups is 2. The van der Waals surface area contributed by atoms with Gasteiger partial charge in [-0.25, -0.2) is 9.69 Å². The van der Waals surface area contributed by atoms with Gasteiger partial charge in [0.2, 0.25) is 0 Å². The average molecular weight is 632 g/mol. The molecule has 4 aromatic rings. The molecule has 0 bridgehead atoms. The second-order valence-electron chi connectivity index (χ2n) is 9.29. The quantitative estimate of drug-likeness (QED) is 0.164. The minimum atomic E-state index is -0.841. The largest absolute Gasteiger partial charge is 0.489 e. The summed E-state index contributed by atoms with van der Waals surface area (Å²) in [6.07, 6.45) is 1.43. The van der Waals surface area contributed by atoms with Crippen molar-refractivity contribution < 1.29 is 23.9 Å². The number of nitrogens with zero attached hydrogens (tertiary/aromatic N) is 1. The van der Waals surface area contributed by atoms with Crippen molar-refractivity contribution in [3.63, 3.8) is 0 Å². The highest BCUT2D eigenvalue weighted by Gasteiger charge is 2.37. The smallest absolute Gasteiger partial charge is 0.335 e. The van der Waals surface area contributed by atoms with Gasteiger partial charge in [0.05, 0.1) is 5.69 Å². The molecule has 5 rings (SSSR count). The average Bonchev–Trinajstić information content (AvgIpc) is 2.95. The van der Waals surface area contributed by atoms with E-state index in [2.05, 4.69) is 21.2 Å². The Bertz CT molecular complexity index is 1670. The lowest BCUT2D eigenvalue weighted by Crippen LogP contribution is -2.54. The van der Waals surface area contributed by atoms with Gasteiger partial charge in [0.15, 0.2) is 0 Å². The first-order valence-electron chi connectivity index (χ1n) is 12.6. The monoisotopic (exact) mass is 630 g/mol. The van der Waals surface area contributed by atoms with Crippen molar-refractivity contribution >= 4 is 57.1 Å². The van der Waals surface area contributed by atoms with Crippen LogP contribution in [0.2, 0.25) is 5.02 Å². The minimum absolute atomic E-state index is 0.206. The van der Waals surface area contributed by atoms with E-state index in [4.69, 9.17) is 21.1 Å². The van der Waals surface area contributed by atoms with Gasteiger partial charge in [-0.2, -0.15) is 0 Å². The van der Waals surface area contributed by atoms with Crippen LogP contribution >= 0.6 is 27.5 Å². The molecule has 4 aromatic carbocycles. The van der Waals surface area contributed by atoms with Gasteiger partial charge < -0.3 is 9.47 Å². The van der Waals surface area contributed by atoms with Crippen molar-refractivity contribution in [3.8, 4) is 11.5 Å². The van der Waals surface area contributed by atoms with E-state index in [0.717, 1.165) is 26.1 Å². The number of rotatable bonds is 8. The summed E-state index contributed by atoms with van der Waals surface area (Å²) in [6.45, 7) is 2.56. The number of carbonyl (C=O) groups is 3. The Hall–Kier alpha value is -4.40. The molecule has 0 aromatic heterocycles. The van der Waals surface area contributed by atoms with Crippen LogP contribution in [0, 0.1) is 6.92 Å². The lowest BCUT2D eigenvalue weighted by atomic mass is 10.1. The molecule has 1 aliphatic heterocycles. The number of urea groups is 1. The molecule has 7 nitrogen and oxygen atoms in total. The van der Waals surface area contributed by atoms with Crippen LogP contribution < -0.4 is 19.7 Å². The lowest BCUT2D eigenvalue weighted by Gasteiger charge is -2.26. The number of aryl methyl sites for hydroxylation is 1. The van der Waals surface area contributed by atoms with Gasteiger partial charge in [0.25, 0.3) is 11.8 Å². The van der Waals surface area contributed by atoms with Gasteiger partial charge in [0, 0.05) is 20.6 Å². The van der Waals surface area contributed by atoms with Gasteiger partial charge in [0.1, 0.15) is 30.3 Å². The first-order valence-corrected chi connectivity index (χ1v) is 13.8. The van der Waals surface area contributed by atoms with E-state index in [9.17, 15) is 14.4 Å². The number of carbonyl (C=O) groups excluding carboxylic acids is 3. The second kappa shape index (κ2) is 12.4. The highest BCUT2D eigenvalue weighted by atomic mass is 79.9. The number of barbiturate groups is 1. The lowest BCUT2D eigenvalue weighted by molar-refractivity contribution is -0.122. The number of halogens is 2. The molecule has 0 aliphatic carbocycles. The molecule has 1 saturated heterocycles. The highest BCUT2D eigenvalue weighted by molar-refractivity contribution is 9.10. The molecule has 1 aliphatic rings. The first-order chi connectivity index (χ1) is 19.8. The predicted octanol–water partition coefficient (Wildman–Crippen LogP) is 7.24. The Morgan fingerprint density at radius 2 is 1.66 bits per heavy atom. The zero-order chi connectivity index (χ0) is 28.9. The maximum Gasteiger partial charge on any atom is 0.335 e. The summed E-state index contributed by atoms with van der Waals surface area (Å²) in [7, 11) is 0. The van der Waals surface area contributed by atoms with Gasteiger partial charge in [-0.1, -0.05) is 75.6 Å². The standard InChI is InChI=1S/C32H24BrClN2O5/c1-20-5-4-6-21(15-20)18-41-29-14-9-24(33)16-23(29)17-27-30(37)35-32(39)36(31(27)38)25-10-12-26(13-11-25)40-19-22-7-2-3-8-28(22)34/h2-17H,18-19H2,1H3,(H,35,37,39)/b27-17+. The molecular formula is C32H24BrClN2O5. The number of anilines is 1. The fourth-order valence-corrected chi connectivity index (χ4v) is 4.81. The van der Waals surface area contributed by atoms with Crippen molar-refractivity contribution in [2.75, 3.05) is 4.90 Å². The molecule has 1 N–H and O–H groups in total. The van der Waals surface area contributed by atoms with E-state index in [0.29, 0.717) is 28.7 Å². The van der Waals surface area contributed by atoms with E-state index in [1.807, 2.05) is 55.5 Å². The molecule has 0 spiro atoms. The fourth-order valence-electron chi connectivity index (χ4n) is 4.24. The highest BCUT2D eigenvalue weighted by Crippen LogP contribution is 2.29. The van der Waals surface area contributed by atoms with Crippen LogP contribution in [0.4, 0.5) is 10.5 Å². The molecule has 1 heterocycles.